The lowest BCUT2D eigenvalue weighted by molar-refractivity contribution is -0.143. The summed E-state index contributed by atoms with van der Waals surface area (Å²) in [5, 5.41) is 1.62. The highest BCUT2D eigenvalue weighted by molar-refractivity contribution is 7.07. The monoisotopic (exact) mass is 505 g/mol. The Hall–Kier alpha value is -3.42. The molecule has 1 aliphatic heterocycles. The molecule has 1 unspecified atom stereocenters. The Bertz CT molecular complexity index is 1670. The van der Waals surface area contributed by atoms with E-state index in [-0.39, 0.29) is 11.7 Å². The Balaban J connectivity index is 1.75. The van der Waals surface area contributed by atoms with Crippen LogP contribution in [0.15, 0.2) is 69.6 Å². The highest BCUT2D eigenvalue weighted by atomic mass is 35.5. The van der Waals surface area contributed by atoms with E-state index >= 15 is 0 Å². The van der Waals surface area contributed by atoms with Crippen LogP contribution >= 0.6 is 22.9 Å². The average Bonchev–Trinajstić information content (AvgIpc) is 3.29. The lowest BCUT2D eigenvalue weighted by atomic mass is 9.96. The molecule has 0 saturated carbocycles. The minimum Gasteiger partial charge on any atom is -0.459 e. The predicted molar refractivity (Wildman–Crippen MR) is 139 cm³/mol. The molecule has 6 nitrogen and oxygen atoms in total. The first kappa shape index (κ1) is 23.3. The number of allylic oxidation sites excluding steroid dienone is 1. The molecule has 0 fully saturated rings. The zero-order valence-electron chi connectivity index (χ0n) is 19.8. The van der Waals surface area contributed by atoms with Crippen molar-refractivity contribution in [1.29, 1.82) is 0 Å². The van der Waals surface area contributed by atoms with Gasteiger partial charge in [-0.2, -0.15) is 0 Å². The molecule has 0 amide bonds. The summed E-state index contributed by atoms with van der Waals surface area (Å²) in [6, 6.07) is 14.5. The molecule has 2 aromatic carbocycles. The van der Waals surface area contributed by atoms with Crippen LogP contribution in [0, 0.1) is 6.92 Å². The first-order valence-electron chi connectivity index (χ1n) is 11.3. The van der Waals surface area contributed by atoms with E-state index in [9.17, 15) is 9.59 Å². The molecule has 1 atom stereocenters. The fourth-order valence-corrected chi connectivity index (χ4v) is 5.59. The SMILES string of the molecule is CC1=C(C(=O)OC(C)C)C(c2ccc(Cl)cc2)n2c(s/c(=C\c3c(C)[nH]c4ccccc34)c2=O)=N1. The van der Waals surface area contributed by atoms with E-state index in [1.54, 1.807) is 37.5 Å². The van der Waals surface area contributed by atoms with Crippen LogP contribution in [0.3, 0.4) is 0 Å². The third-order valence-electron chi connectivity index (χ3n) is 5.99. The normalized spacial score (nSPS) is 16.1. The number of para-hydroxylation sites is 1. The first-order chi connectivity index (χ1) is 16.7. The lowest BCUT2D eigenvalue weighted by Crippen LogP contribution is -2.40. The van der Waals surface area contributed by atoms with Crippen LogP contribution in [0.5, 0.6) is 0 Å². The molecule has 0 bridgehead atoms. The summed E-state index contributed by atoms with van der Waals surface area (Å²) in [4.78, 5) is 35.5. The highest BCUT2D eigenvalue weighted by Gasteiger charge is 2.33. The van der Waals surface area contributed by atoms with Gasteiger partial charge in [0, 0.05) is 27.2 Å². The van der Waals surface area contributed by atoms with Gasteiger partial charge in [-0.15, -0.1) is 0 Å². The summed E-state index contributed by atoms with van der Waals surface area (Å²) >= 11 is 7.44. The number of aromatic amines is 1. The number of aromatic nitrogens is 2. The van der Waals surface area contributed by atoms with Crippen molar-refractivity contribution in [3.05, 3.63) is 101 Å². The van der Waals surface area contributed by atoms with Crippen LogP contribution in [0.2, 0.25) is 5.02 Å². The van der Waals surface area contributed by atoms with Crippen LogP contribution in [0.1, 0.15) is 43.6 Å². The lowest BCUT2D eigenvalue weighted by Gasteiger charge is -2.25. The van der Waals surface area contributed by atoms with Crippen molar-refractivity contribution in [1.82, 2.24) is 9.55 Å². The van der Waals surface area contributed by atoms with Crippen molar-refractivity contribution < 1.29 is 9.53 Å². The summed E-state index contributed by atoms with van der Waals surface area (Å²) < 4.78 is 7.67. The fraction of sp³-hybridized carbons (Fsp3) is 0.222. The van der Waals surface area contributed by atoms with Gasteiger partial charge >= 0.3 is 5.97 Å². The molecule has 0 saturated heterocycles. The van der Waals surface area contributed by atoms with Gasteiger partial charge in [0.05, 0.1) is 27.9 Å². The molecule has 5 rings (SSSR count). The molecule has 1 N–H and O–H groups in total. The predicted octanol–water partition coefficient (Wildman–Crippen LogP) is 4.63. The molecule has 35 heavy (non-hydrogen) atoms. The van der Waals surface area contributed by atoms with Crippen LogP contribution in [-0.2, 0) is 9.53 Å². The molecule has 2 aromatic heterocycles. The molecular weight excluding hydrogens is 482 g/mol. The summed E-state index contributed by atoms with van der Waals surface area (Å²) in [5.74, 6) is -0.483. The number of halogens is 1. The van der Waals surface area contributed by atoms with Gasteiger partial charge < -0.3 is 9.72 Å². The maximum absolute atomic E-state index is 13.8. The largest absolute Gasteiger partial charge is 0.459 e. The smallest absolute Gasteiger partial charge is 0.338 e. The van der Waals surface area contributed by atoms with Crippen molar-refractivity contribution in [3.63, 3.8) is 0 Å². The second-order valence-electron chi connectivity index (χ2n) is 8.80. The van der Waals surface area contributed by atoms with E-state index in [2.05, 4.69) is 9.98 Å². The van der Waals surface area contributed by atoms with E-state index in [1.807, 2.05) is 49.4 Å². The van der Waals surface area contributed by atoms with Crippen molar-refractivity contribution in [2.45, 2.75) is 39.8 Å². The van der Waals surface area contributed by atoms with Gasteiger partial charge in [-0.25, -0.2) is 9.79 Å². The van der Waals surface area contributed by atoms with E-state index in [0.717, 1.165) is 27.7 Å². The summed E-state index contributed by atoms with van der Waals surface area (Å²) in [5.41, 5.74) is 4.39. The molecule has 0 radical (unpaired) electrons. The first-order valence-corrected chi connectivity index (χ1v) is 12.5. The van der Waals surface area contributed by atoms with Crippen molar-refractivity contribution in [2.24, 2.45) is 4.99 Å². The van der Waals surface area contributed by atoms with Gasteiger partial charge in [-0.05, 0) is 57.5 Å². The number of benzene rings is 2. The van der Waals surface area contributed by atoms with Crippen LogP contribution in [0.4, 0.5) is 0 Å². The number of esters is 1. The Morgan fingerprint density at radius 1 is 1.17 bits per heavy atom. The fourth-order valence-electron chi connectivity index (χ4n) is 4.44. The average molecular weight is 506 g/mol. The number of rotatable bonds is 4. The number of carbonyl (C=O) groups excluding carboxylic acids is 1. The molecule has 1 aliphatic rings. The van der Waals surface area contributed by atoms with E-state index < -0.39 is 12.0 Å². The van der Waals surface area contributed by atoms with Crippen molar-refractivity contribution in [3.8, 4) is 0 Å². The maximum atomic E-state index is 13.8. The molecule has 8 heteroatoms. The summed E-state index contributed by atoms with van der Waals surface area (Å²) in [7, 11) is 0. The van der Waals surface area contributed by atoms with Gasteiger partial charge in [-0.1, -0.05) is 53.3 Å². The number of fused-ring (bicyclic) bond motifs is 2. The van der Waals surface area contributed by atoms with Gasteiger partial charge in [0.25, 0.3) is 5.56 Å². The van der Waals surface area contributed by atoms with Gasteiger partial charge in [0.15, 0.2) is 4.80 Å². The molecule has 178 valence electrons. The molecular formula is C27H24ClN3O3S. The Morgan fingerprint density at radius 3 is 2.60 bits per heavy atom. The molecule has 0 spiro atoms. The number of nitrogens with one attached hydrogen (secondary N) is 1. The Kier molecular flexibility index (Phi) is 5.99. The standard InChI is InChI=1S/C27H24ClN3O3S/c1-14(2)34-26(33)23-16(4)30-27-31(24(23)17-9-11-18(28)12-10-17)25(32)22(35-27)13-20-15(3)29-21-8-6-5-7-19(20)21/h5-14,24,29H,1-4H3/b22-13-. The zero-order valence-corrected chi connectivity index (χ0v) is 21.3. The number of aryl methyl sites for hydroxylation is 1. The molecule has 4 aromatic rings. The van der Waals surface area contributed by atoms with E-state index in [1.165, 1.54) is 11.3 Å². The second-order valence-corrected chi connectivity index (χ2v) is 10.2. The van der Waals surface area contributed by atoms with E-state index in [0.29, 0.717) is 25.6 Å². The zero-order chi connectivity index (χ0) is 24.9. The third-order valence-corrected chi connectivity index (χ3v) is 7.22. The third kappa shape index (κ3) is 4.15. The highest BCUT2D eigenvalue weighted by Crippen LogP contribution is 2.31. The van der Waals surface area contributed by atoms with Gasteiger partial charge in [0.1, 0.15) is 0 Å². The second kappa shape index (κ2) is 8.98. The van der Waals surface area contributed by atoms with Crippen LogP contribution < -0.4 is 14.9 Å². The topological polar surface area (TPSA) is 76.5 Å². The van der Waals surface area contributed by atoms with Crippen LogP contribution in [0.25, 0.3) is 17.0 Å². The summed E-state index contributed by atoms with van der Waals surface area (Å²) in [6.45, 7) is 7.36. The molecule has 0 aliphatic carbocycles. The van der Waals surface area contributed by atoms with Crippen molar-refractivity contribution >= 4 is 45.9 Å². The minimum atomic E-state index is -0.666. The number of nitrogens with zero attached hydrogens (tertiary/aromatic N) is 2. The summed E-state index contributed by atoms with van der Waals surface area (Å²) in [6.07, 6.45) is 1.60. The van der Waals surface area contributed by atoms with Gasteiger partial charge in [-0.3, -0.25) is 9.36 Å². The quantitative estimate of drug-likeness (QED) is 0.411. The maximum Gasteiger partial charge on any atom is 0.338 e. The molecule has 3 heterocycles. The number of hydrogen-bond donors (Lipinski definition) is 1. The Labute approximate surface area is 210 Å². The van der Waals surface area contributed by atoms with Crippen molar-refractivity contribution in [2.75, 3.05) is 0 Å². The minimum absolute atomic E-state index is 0.208. The van der Waals surface area contributed by atoms with E-state index in [4.69, 9.17) is 16.3 Å². The number of hydrogen-bond acceptors (Lipinski definition) is 5. The Morgan fingerprint density at radius 2 is 1.89 bits per heavy atom. The van der Waals surface area contributed by atoms with Gasteiger partial charge in [0.2, 0.25) is 0 Å². The number of ether oxygens (including phenoxy) is 1. The number of thiazole rings is 1. The number of carbonyl (C=O) groups is 1. The number of H-pyrrole nitrogens is 1. The van der Waals surface area contributed by atoms with Crippen LogP contribution in [-0.4, -0.2) is 21.6 Å².